The summed E-state index contributed by atoms with van der Waals surface area (Å²) in [6.07, 6.45) is 12.8. The van der Waals surface area contributed by atoms with Crippen LogP contribution in [0.2, 0.25) is 0 Å². The normalized spacial score (nSPS) is 17.8. The van der Waals surface area contributed by atoms with E-state index in [0.717, 1.165) is 38.5 Å². The summed E-state index contributed by atoms with van der Waals surface area (Å²) in [6, 6.07) is 0. The summed E-state index contributed by atoms with van der Waals surface area (Å²) in [5.41, 5.74) is 0. The molecular formula is C20H32N2O4. The van der Waals surface area contributed by atoms with Crippen LogP contribution in [0.15, 0.2) is 0 Å². The number of unbranched alkanes of at least 4 members (excludes halogenated alkanes) is 9. The number of carbonyl (C=O) groups excluding carboxylic acids is 4. The number of imide groups is 2. The molecule has 0 radical (unpaired) electrons. The van der Waals surface area contributed by atoms with Crippen molar-refractivity contribution in [1.29, 1.82) is 0 Å². The molecule has 6 nitrogen and oxygen atoms in total. The number of likely N-dealkylation sites (tertiary alicyclic amines) is 2. The molecule has 2 rings (SSSR count). The van der Waals surface area contributed by atoms with Crippen molar-refractivity contribution in [2.75, 3.05) is 13.1 Å². The highest BCUT2D eigenvalue weighted by Crippen LogP contribution is 2.16. The summed E-state index contributed by atoms with van der Waals surface area (Å²) in [5, 5.41) is 0. The van der Waals surface area contributed by atoms with Crippen LogP contribution in [0.25, 0.3) is 0 Å². The molecule has 0 aromatic heterocycles. The zero-order valence-corrected chi connectivity index (χ0v) is 15.8. The molecule has 2 aliphatic heterocycles. The highest BCUT2D eigenvalue weighted by Gasteiger charge is 2.28. The summed E-state index contributed by atoms with van der Waals surface area (Å²) in [6.45, 7) is 1.19. The topological polar surface area (TPSA) is 74.8 Å². The van der Waals surface area contributed by atoms with Crippen molar-refractivity contribution in [3.8, 4) is 0 Å². The standard InChI is InChI=1S/C20H32N2O4/c23-17-11-12-18(24)21(17)15-9-7-5-3-1-2-4-6-8-10-16-22-19(25)13-14-20(22)26/h1-16H2. The smallest absolute Gasteiger partial charge is 0.229 e. The number of hydrogen-bond acceptors (Lipinski definition) is 4. The summed E-state index contributed by atoms with van der Waals surface area (Å²) in [7, 11) is 0. The van der Waals surface area contributed by atoms with Crippen molar-refractivity contribution in [1.82, 2.24) is 9.80 Å². The SMILES string of the molecule is O=C1CCC(=O)N1CCCCCCCCCCCCN1C(=O)CCC1=O. The molecule has 2 saturated heterocycles. The number of hydrogen-bond donors (Lipinski definition) is 0. The van der Waals surface area contributed by atoms with E-state index in [-0.39, 0.29) is 23.6 Å². The maximum Gasteiger partial charge on any atom is 0.229 e. The van der Waals surface area contributed by atoms with Gasteiger partial charge in [-0.25, -0.2) is 0 Å². The first-order valence-corrected chi connectivity index (χ1v) is 10.3. The Labute approximate surface area is 156 Å². The lowest BCUT2D eigenvalue weighted by Gasteiger charge is -2.13. The first kappa shape index (κ1) is 20.6. The van der Waals surface area contributed by atoms with E-state index in [1.54, 1.807) is 0 Å². The van der Waals surface area contributed by atoms with Gasteiger partial charge in [-0.15, -0.1) is 0 Å². The van der Waals surface area contributed by atoms with Gasteiger partial charge in [-0.3, -0.25) is 29.0 Å². The fourth-order valence-electron chi connectivity index (χ4n) is 3.70. The molecule has 0 saturated carbocycles. The predicted octanol–water partition coefficient (Wildman–Crippen LogP) is 3.19. The number of carbonyl (C=O) groups is 4. The zero-order chi connectivity index (χ0) is 18.8. The Kier molecular flexibility index (Phi) is 8.78. The van der Waals surface area contributed by atoms with Crippen molar-refractivity contribution in [3.63, 3.8) is 0 Å². The molecule has 26 heavy (non-hydrogen) atoms. The molecule has 0 aliphatic carbocycles. The van der Waals surface area contributed by atoms with E-state index in [9.17, 15) is 19.2 Å². The average Bonchev–Trinajstić information content (AvgIpc) is 3.11. The molecule has 0 unspecified atom stereocenters. The summed E-state index contributed by atoms with van der Waals surface area (Å²) in [5.74, 6) is -0.0242. The molecule has 4 amide bonds. The van der Waals surface area contributed by atoms with E-state index < -0.39 is 0 Å². The Bertz CT molecular complexity index is 440. The first-order valence-electron chi connectivity index (χ1n) is 10.3. The van der Waals surface area contributed by atoms with Crippen molar-refractivity contribution >= 4 is 23.6 Å². The summed E-state index contributed by atoms with van der Waals surface area (Å²) >= 11 is 0. The van der Waals surface area contributed by atoms with Gasteiger partial charge in [0.1, 0.15) is 0 Å². The van der Waals surface area contributed by atoms with Crippen LogP contribution in [0.1, 0.15) is 89.9 Å². The second-order valence-electron chi connectivity index (χ2n) is 7.41. The van der Waals surface area contributed by atoms with Gasteiger partial charge in [-0.1, -0.05) is 51.4 Å². The summed E-state index contributed by atoms with van der Waals surface area (Å²) in [4.78, 5) is 48.7. The molecule has 0 spiro atoms. The van der Waals surface area contributed by atoms with Crippen LogP contribution in [0.5, 0.6) is 0 Å². The van der Waals surface area contributed by atoms with Crippen LogP contribution in [0.3, 0.4) is 0 Å². The third kappa shape index (κ3) is 6.54. The van der Waals surface area contributed by atoms with Crippen molar-refractivity contribution < 1.29 is 19.2 Å². The van der Waals surface area contributed by atoms with Gasteiger partial charge >= 0.3 is 0 Å². The molecule has 0 aromatic carbocycles. The van der Waals surface area contributed by atoms with Crippen LogP contribution in [0.4, 0.5) is 0 Å². The fraction of sp³-hybridized carbons (Fsp3) is 0.800. The second-order valence-corrected chi connectivity index (χ2v) is 7.41. The van der Waals surface area contributed by atoms with E-state index >= 15 is 0 Å². The van der Waals surface area contributed by atoms with Gasteiger partial charge in [-0.05, 0) is 12.8 Å². The quantitative estimate of drug-likeness (QED) is 0.371. The number of amides is 4. The van der Waals surface area contributed by atoms with Gasteiger partial charge in [0.2, 0.25) is 23.6 Å². The lowest BCUT2D eigenvalue weighted by Crippen LogP contribution is -2.29. The van der Waals surface area contributed by atoms with E-state index in [4.69, 9.17) is 0 Å². The molecule has 2 heterocycles. The van der Waals surface area contributed by atoms with Gasteiger partial charge in [0.15, 0.2) is 0 Å². The minimum atomic E-state index is -0.00605. The van der Waals surface area contributed by atoms with Crippen molar-refractivity contribution in [3.05, 3.63) is 0 Å². The highest BCUT2D eigenvalue weighted by molar-refractivity contribution is 6.02. The van der Waals surface area contributed by atoms with Crippen LogP contribution in [0, 0.1) is 0 Å². The van der Waals surface area contributed by atoms with E-state index in [2.05, 4.69) is 0 Å². The van der Waals surface area contributed by atoms with Crippen molar-refractivity contribution in [2.45, 2.75) is 89.9 Å². The Hall–Kier alpha value is -1.72. The summed E-state index contributed by atoms with van der Waals surface area (Å²) < 4.78 is 0. The fourth-order valence-corrected chi connectivity index (χ4v) is 3.70. The molecule has 2 fully saturated rings. The van der Waals surface area contributed by atoms with E-state index in [1.807, 2.05) is 0 Å². The molecule has 0 N–H and O–H groups in total. The lowest BCUT2D eigenvalue weighted by atomic mass is 10.1. The zero-order valence-electron chi connectivity index (χ0n) is 15.8. The Morgan fingerprint density at radius 2 is 0.654 bits per heavy atom. The third-order valence-corrected chi connectivity index (χ3v) is 5.32. The third-order valence-electron chi connectivity index (χ3n) is 5.32. The maximum absolute atomic E-state index is 11.5. The van der Waals surface area contributed by atoms with Gasteiger partial charge in [0.25, 0.3) is 0 Å². The molecule has 2 aliphatic rings. The largest absolute Gasteiger partial charge is 0.283 e. The van der Waals surface area contributed by atoms with Crippen molar-refractivity contribution in [2.24, 2.45) is 0 Å². The highest BCUT2D eigenvalue weighted by atomic mass is 16.2. The van der Waals surface area contributed by atoms with Crippen LogP contribution < -0.4 is 0 Å². The monoisotopic (exact) mass is 364 g/mol. The van der Waals surface area contributed by atoms with Gasteiger partial charge in [0, 0.05) is 38.8 Å². The lowest BCUT2D eigenvalue weighted by molar-refractivity contribution is -0.140. The van der Waals surface area contributed by atoms with E-state index in [1.165, 1.54) is 35.5 Å². The predicted molar refractivity (Wildman–Crippen MR) is 98.1 cm³/mol. The second kappa shape index (κ2) is 11.1. The van der Waals surface area contributed by atoms with Crippen LogP contribution in [-0.4, -0.2) is 46.5 Å². The average molecular weight is 364 g/mol. The molecule has 146 valence electrons. The Morgan fingerprint density at radius 3 is 0.923 bits per heavy atom. The number of nitrogens with zero attached hydrogens (tertiary/aromatic N) is 2. The van der Waals surface area contributed by atoms with Crippen LogP contribution >= 0.6 is 0 Å². The molecule has 0 aromatic rings. The molecule has 6 heteroatoms. The van der Waals surface area contributed by atoms with E-state index in [0.29, 0.717) is 38.8 Å². The maximum atomic E-state index is 11.5. The minimum absolute atomic E-state index is 0.00605. The van der Waals surface area contributed by atoms with Gasteiger partial charge < -0.3 is 0 Å². The molecule has 0 atom stereocenters. The number of rotatable bonds is 13. The van der Waals surface area contributed by atoms with Gasteiger partial charge in [-0.2, -0.15) is 0 Å². The molecular weight excluding hydrogens is 332 g/mol. The van der Waals surface area contributed by atoms with Crippen LogP contribution in [-0.2, 0) is 19.2 Å². The Balaban J connectivity index is 1.34. The molecule has 0 bridgehead atoms. The Morgan fingerprint density at radius 1 is 0.423 bits per heavy atom. The first-order chi connectivity index (χ1) is 12.6. The minimum Gasteiger partial charge on any atom is -0.283 e. The van der Waals surface area contributed by atoms with Gasteiger partial charge in [0.05, 0.1) is 0 Å².